The molecular formula is C29H25ClF3NO6S. The quantitative estimate of drug-likeness (QED) is 0.320. The molecule has 6 rings (SSSR count). The van der Waals surface area contributed by atoms with Gasteiger partial charge < -0.3 is 14.6 Å². The number of benzene rings is 3. The van der Waals surface area contributed by atoms with Gasteiger partial charge in [0, 0.05) is 16.5 Å². The van der Waals surface area contributed by atoms with Gasteiger partial charge in [0.05, 0.1) is 22.5 Å². The molecule has 0 saturated heterocycles. The molecule has 1 heterocycles. The Bertz CT molecular complexity index is 1640. The molecule has 0 amide bonds. The number of carbonyl (C=O) groups is 1. The lowest BCUT2D eigenvalue weighted by Crippen LogP contribution is -2.50. The molecule has 0 aromatic heterocycles. The van der Waals surface area contributed by atoms with Crippen LogP contribution in [0.25, 0.3) is 11.1 Å². The number of aliphatic carboxylic acids is 1. The predicted molar refractivity (Wildman–Crippen MR) is 144 cm³/mol. The number of anilines is 1. The third kappa shape index (κ3) is 4.78. The number of carboxylic acids is 1. The van der Waals surface area contributed by atoms with E-state index in [-0.39, 0.29) is 39.2 Å². The van der Waals surface area contributed by atoms with Crippen LogP contribution in [0.2, 0.25) is 5.02 Å². The summed E-state index contributed by atoms with van der Waals surface area (Å²) >= 11 is 6.12. The Morgan fingerprint density at radius 1 is 1.05 bits per heavy atom. The molecule has 1 atom stereocenters. The van der Waals surface area contributed by atoms with Gasteiger partial charge in [-0.2, -0.15) is 8.78 Å². The highest BCUT2D eigenvalue weighted by Gasteiger charge is 2.62. The molecular weight excluding hydrogens is 583 g/mol. The van der Waals surface area contributed by atoms with Crippen molar-refractivity contribution in [2.24, 2.45) is 10.8 Å². The first-order valence-electron chi connectivity index (χ1n) is 13.0. The lowest BCUT2D eigenvalue weighted by atomic mass is 9.78. The Balaban J connectivity index is 1.44. The molecule has 216 valence electrons. The van der Waals surface area contributed by atoms with E-state index in [2.05, 4.69) is 4.74 Å². The third-order valence-electron chi connectivity index (χ3n) is 8.67. The van der Waals surface area contributed by atoms with Crippen LogP contribution in [0.1, 0.15) is 32.1 Å². The molecule has 0 spiro atoms. The predicted octanol–water partition coefficient (Wildman–Crippen LogP) is 6.74. The van der Waals surface area contributed by atoms with E-state index in [1.807, 2.05) is 0 Å². The van der Waals surface area contributed by atoms with Crippen molar-refractivity contribution >= 4 is 33.3 Å². The largest absolute Gasteiger partial charge is 0.486 e. The highest BCUT2D eigenvalue weighted by Crippen LogP contribution is 2.64. The number of alkyl halides is 2. The van der Waals surface area contributed by atoms with Crippen LogP contribution in [0.4, 0.5) is 18.9 Å². The van der Waals surface area contributed by atoms with E-state index >= 15 is 0 Å². The standard InChI is InChI=1S/C29H25ClF3NO6S/c30-19-2-1-3-22(13-19)41(37,38)34-15-25(28-6-8-29(16-28,9-7-28)26(35)36)40-24-5-4-17(12-23(24)34)18-10-20(31)14-21(11-18)39-27(32)33/h1-5,10-14,25,27H,6-9,15-16H2,(H,35,36)/t25-,28?,29?/m1/s1. The maximum atomic E-state index is 14.3. The summed E-state index contributed by atoms with van der Waals surface area (Å²) in [5.74, 6) is -1.77. The molecule has 2 fully saturated rings. The zero-order valence-electron chi connectivity index (χ0n) is 21.5. The van der Waals surface area contributed by atoms with Crippen LogP contribution in [0.15, 0.2) is 65.6 Å². The summed E-state index contributed by atoms with van der Waals surface area (Å²) in [7, 11) is -4.19. The number of carboxylic acid groups (broad SMARTS) is 1. The minimum absolute atomic E-state index is 0.0457. The first-order chi connectivity index (χ1) is 19.4. The number of nitrogens with zero attached hydrogens (tertiary/aromatic N) is 1. The Morgan fingerprint density at radius 2 is 1.80 bits per heavy atom. The molecule has 3 aliphatic rings. The van der Waals surface area contributed by atoms with Gasteiger partial charge in [0.2, 0.25) is 0 Å². The highest BCUT2D eigenvalue weighted by atomic mass is 35.5. The highest BCUT2D eigenvalue weighted by molar-refractivity contribution is 7.92. The van der Waals surface area contributed by atoms with E-state index in [4.69, 9.17) is 16.3 Å². The monoisotopic (exact) mass is 607 g/mol. The van der Waals surface area contributed by atoms with Crippen molar-refractivity contribution in [3.8, 4) is 22.6 Å². The van der Waals surface area contributed by atoms with Gasteiger partial charge in [-0.05, 0) is 85.7 Å². The Hall–Kier alpha value is -3.44. The van der Waals surface area contributed by atoms with Gasteiger partial charge in [0.25, 0.3) is 10.0 Å². The van der Waals surface area contributed by atoms with Crippen molar-refractivity contribution < 1.29 is 41.0 Å². The first-order valence-corrected chi connectivity index (χ1v) is 14.8. The summed E-state index contributed by atoms with van der Waals surface area (Å²) in [6, 6.07) is 13.7. The summed E-state index contributed by atoms with van der Waals surface area (Å²) in [5, 5.41) is 10.1. The van der Waals surface area contributed by atoms with Crippen LogP contribution in [-0.4, -0.2) is 38.8 Å². The van der Waals surface area contributed by atoms with Crippen LogP contribution in [0.5, 0.6) is 11.5 Å². The molecule has 2 saturated carbocycles. The van der Waals surface area contributed by atoms with Gasteiger partial charge in [0.1, 0.15) is 23.4 Å². The van der Waals surface area contributed by atoms with Crippen molar-refractivity contribution in [3.63, 3.8) is 0 Å². The Labute approximate surface area is 239 Å². The molecule has 7 nitrogen and oxygen atoms in total. The number of ether oxygens (including phenoxy) is 2. The number of sulfonamides is 1. The zero-order chi connectivity index (χ0) is 29.2. The molecule has 0 unspecified atom stereocenters. The zero-order valence-corrected chi connectivity index (χ0v) is 23.1. The van der Waals surface area contributed by atoms with Crippen molar-refractivity contribution in [1.82, 2.24) is 0 Å². The fourth-order valence-corrected chi connectivity index (χ4v) is 8.38. The second-order valence-corrected chi connectivity index (χ2v) is 13.3. The van der Waals surface area contributed by atoms with Crippen LogP contribution in [0, 0.1) is 16.6 Å². The van der Waals surface area contributed by atoms with Crippen LogP contribution < -0.4 is 13.8 Å². The van der Waals surface area contributed by atoms with E-state index in [9.17, 15) is 31.5 Å². The molecule has 1 aliphatic heterocycles. The molecule has 41 heavy (non-hydrogen) atoms. The number of halogens is 4. The van der Waals surface area contributed by atoms with Crippen molar-refractivity contribution in [2.75, 3.05) is 10.8 Å². The number of rotatable bonds is 7. The van der Waals surface area contributed by atoms with Gasteiger partial charge >= 0.3 is 12.6 Å². The summed E-state index contributed by atoms with van der Waals surface area (Å²) < 4.78 is 80.1. The lowest BCUT2D eigenvalue weighted by molar-refractivity contribution is -0.148. The third-order valence-corrected chi connectivity index (χ3v) is 10.7. The average Bonchev–Trinajstić information content (AvgIpc) is 3.51. The summed E-state index contributed by atoms with van der Waals surface area (Å²) in [6.45, 7) is -3.23. The number of fused-ring (bicyclic) bond motifs is 3. The molecule has 1 N–H and O–H groups in total. The van der Waals surface area contributed by atoms with E-state index in [1.165, 1.54) is 34.6 Å². The van der Waals surface area contributed by atoms with Gasteiger partial charge in [-0.15, -0.1) is 0 Å². The molecule has 2 aliphatic carbocycles. The van der Waals surface area contributed by atoms with Crippen molar-refractivity contribution in [3.05, 3.63) is 71.5 Å². The summed E-state index contributed by atoms with van der Waals surface area (Å²) in [6.07, 6.45) is 1.97. The SMILES string of the molecule is O=C(O)C12CCC([C@H]3CN(S(=O)(=O)c4cccc(Cl)c4)c4cc(-c5cc(F)cc(OC(F)F)c5)ccc4O3)(CC1)C2. The second-order valence-electron chi connectivity index (χ2n) is 11.0. The Morgan fingerprint density at radius 3 is 2.46 bits per heavy atom. The summed E-state index contributed by atoms with van der Waals surface area (Å²) in [5.41, 5.74) is -0.626. The van der Waals surface area contributed by atoms with E-state index < -0.39 is 45.4 Å². The van der Waals surface area contributed by atoms with E-state index in [0.717, 1.165) is 12.1 Å². The van der Waals surface area contributed by atoms with E-state index in [1.54, 1.807) is 18.2 Å². The smallest absolute Gasteiger partial charge is 0.387 e. The topological polar surface area (TPSA) is 93.1 Å². The van der Waals surface area contributed by atoms with Crippen LogP contribution in [-0.2, 0) is 14.8 Å². The minimum Gasteiger partial charge on any atom is -0.486 e. The molecule has 3 aromatic carbocycles. The van der Waals surface area contributed by atoms with Crippen molar-refractivity contribution in [2.45, 2.75) is 49.7 Å². The van der Waals surface area contributed by atoms with Crippen LogP contribution >= 0.6 is 11.6 Å². The number of hydrogen-bond donors (Lipinski definition) is 1. The molecule has 2 bridgehead atoms. The fraction of sp³-hybridized carbons (Fsp3) is 0.345. The summed E-state index contributed by atoms with van der Waals surface area (Å²) in [4.78, 5) is 12.0. The normalized spacial score (nSPS) is 25.2. The minimum atomic E-state index is -4.19. The molecule has 3 aromatic rings. The van der Waals surface area contributed by atoms with Gasteiger partial charge in [-0.25, -0.2) is 12.8 Å². The lowest BCUT2D eigenvalue weighted by Gasteiger charge is -2.43. The average molecular weight is 608 g/mol. The second kappa shape index (κ2) is 9.84. The first kappa shape index (κ1) is 27.7. The fourth-order valence-electron chi connectivity index (χ4n) is 6.61. The maximum Gasteiger partial charge on any atom is 0.387 e. The maximum absolute atomic E-state index is 14.3. The van der Waals surface area contributed by atoms with Gasteiger partial charge in [-0.1, -0.05) is 23.7 Å². The van der Waals surface area contributed by atoms with Crippen LogP contribution in [0.3, 0.4) is 0 Å². The van der Waals surface area contributed by atoms with Gasteiger partial charge in [0.15, 0.2) is 0 Å². The molecule has 0 radical (unpaired) electrons. The Kier molecular flexibility index (Phi) is 6.65. The van der Waals surface area contributed by atoms with Gasteiger partial charge in [-0.3, -0.25) is 9.10 Å². The number of hydrogen-bond acceptors (Lipinski definition) is 5. The molecule has 12 heteroatoms. The van der Waals surface area contributed by atoms with Crippen molar-refractivity contribution in [1.29, 1.82) is 0 Å². The van der Waals surface area contributed by atoms with E-state index in [0.29, 0.717) is 37.7 Å².